The number of sulfone groups is 1. The highest BCUT2D eigenvalue weighted by Gasteiger charge is 2.48. The molecule has 2 saturated carbocycles. The lowest BCUT2D eigenvalue weighted by atomic mass is 9.88. The molecule has 2 aliphatic carbocycles. The van der Waals surface area contributed by atoms with Gasteiger partial charge >= 0.3 is 0 Å². The van der Waals surface area contributed by atoms with Gasteiger partial charge in [-0.2, -0.15) is 0 Å². The van der Waals surface area contributed by atoms with Crippen LogP contribution in [0, 0.1) is 11.7 Å². The lowest BCUT2D eigenvalue weighted by molar-refractivity contribution is -0.120. The quantitative estimate of drug-likeness (QED) is 0.553. The molecule has 1 aliphatic heterocycles. The average molecular weight is 492 g/mol. The Kier molecular flexibility index (Phi) is 6.00. The van der Waals surface area contributed by atoms with Crippen LogP contribution in [0.15, 0.2) is 47.4 Å². The molecule has 5 rings (SSSR count). The second-order valence-corrected chi connectivity index (χ2v) is 12.0. The van der Waals surface area contributed by atoms with E-state index in [0.29, 0.717) is 10.6 Å². The van der Waals surface area contributed by atoms with Crippen LogP contribution in [0.3, 0.4) is 0 Å². The standard InChI is InChI=1S/C25H27ClFNO4S/c26-19-7-9-21(10-8-19)33(30,31)25(12-14-32-15-13-25)18-6-11-23(22(27)16-18)28(20-2-1-3-20)24(29)17-4-5-17/h6-11,16-17,20H,1-5,12-15H2. The van der Waals surface area contributed by atoms with Crippen molar-refractivity contribution >= 4 is 33.0 Å². The summed E-state index contributed by atoms with van der Waals surface area (Å²) in [4.78, 5) is 14.7. The number of hydrogen-bond donors (Lipinski definition) is 0. The van der Waals surface area contributed by atoms with Crippen molar-refractivity contribution in [1.82, 2.24) is 0 Å². The zero-order chi connectivity index (χ0) is 23.2. The van der Waals surface area contributed by atoms with Crippen molar-refractivity contribution in [1.29, 1.82) is 0 Å². The molecule has 3 fully saturated rings. The second kappa shape index (κ2) is 8.67. The third kappa shape index (κ3) is 3.98. The number of hydrogen-bond acceptors (Lipinski definition) is 4. The van der Waals surface area contributed by atoms with Crippen LogP contribution in [0.2, 0.25) is 5.02 Å². The molecular formula is C25H27ClFNO4S. The topological polar surface area (TPSA) is 63.7 Å². The van der Waals surface area contributed by atoms with Crippen molar-refractivity contribution < 1.29 is 22.3 Å². The van der Waals surface area contributed by atoms with E-state index in [1.54, 1.807) is 29.2 Å². The van der Waals surface area contributed by atoms with Crippen LogP contribution in [0.1, 0.15) is 50.5 Å². The Morgan fingerprint density at radius 3 is 2.24 bits per heavy atom. The van der Waals surface area contributed by atoms with Gasteiger partial charge in [-0.3, -0.25) is 4.79 Å². The van der Waals surface area contributed by atoms with Gasteiger partial charge in [-0.25, -0.2) is 12.8 Å². The summed E-state index contributed by atoms with van der Waals surface area (Å²) in [6.07, 6.45) is 4.92. The van der Waals surface area contributed by atoms with Gasteiger partial charge < -0.3 is 9.64 Å². The Hall–Kier alpha value is -1.96. The molecule has 0 bridgehead atoms. The molecule has 1 heterocycles. The summed E-state index contributed by atoms with van der Waals surface area (Å²) in [6.45, 7) is 0.537. The van der Waals surface area contributed by atoms with Gasteiger partial charge in [0, 0.05) is 30.2 Å². The van der Waals surface area contributed by atoms with Crippen molar-refractivity contribution in [3.05, 3.63) is 58.9 Å². The van der Waals surface area contributed by atoms with Crippen molar-refractivity contribution in [2.24, 2.45) is 5.92 Å². The van der Waals surface area contributed by atoms with Crippen LogP contribution in [0.4, 0.5) is 10.1 Å². The van der Waals surface area contributed by atoms with Gasteiger partial charge in [-0.15, -0.1) is 0 Å². The zero-order valence-corrected chi connectivity index (χ0v) is 19.9. The predicted molar refractivity (Wildman–Crippen MR) is 125 cm³/mol. The van der Waals surface area contributed by atoms with E-state index in [9.17, 15) is 13.2 Å². The van der Waals surface area contributed by atoms with Crippen molar-refractivity contribution in [3.8, 4) is 0 Å². The number of ether oxygens (including phenoxy) is 1. The fourth-order valence-electron chi connectivity index (χ4n) is 4.91. The first-order chi connectivity index (χ1) is 15.8. The molecule has 0 unspecified atom stereocenters. The third-order valence-electron chi connectivity index (χ3n) is 7.28. The monoisotopic (exact) mass is 491 g/mol. The first-order valence-electron chi connectivity index (χ1n) is 11.5. The minimum atomic E-state index is -3.86. The molecule has 0 atom stereocenters. The molecule has 0 aromatic heterocycles. The summed E-state index contributed by atoms with van der Waals surface area (Å²) in [7, 11) is -3.86. The van der Waals surface area contributed by atoms with Crippen LogP contribution in [-0.4, -0.2) is 33.6 Å². The summed E-state index contributed by atoms with van der Waals surface area (Å²) in [5.41, 5.74) is 0.654. The lowest BCUT2D eigenvalue weighted by Gasteiger charge is -2.39. The summed E-state index contributed by atoms with van der Waals surface area (Å²) in [5.74, 6) is -0.580. The van der Waals surface area contributed by atoms with Gasteiger partial charge in [0.1, 0.15) is 10.6 Å². The largest absolute Gasteiger partial charge is 0.381 e. The van der Waals surface area contributed by atoms with E-state index in [1.807, 2.05) is 0 Å². The minimum absolute atomic E-state index is 0.0130. The average Bonchev–Trinajstić information content (AvgIpc) is 3.62. The molecule has 1 amide bonds. The highest BCUT2D eigenvalue weighted by molar-refractivity contribution is 7.92. The van der Waals surface area contributed by atoms with E-state index in [-0.39, 0.29) is 54.5 Å². The maximum atomic E-state index is 15.6. The number of amides is 1. The summed E-state index contributed by atoms with van der Waals surface area (Å²) >= 11 is 5.96. The summed E-state index contributed by atoms with van der Waals surface area (Å²) in [5, 5.41) is 0.446. The number of benzene rings is 2. The van der Waals surface area contributed by atoms with Gasteiger partial charge in [0.05, 0.1) is 10.6 Å². The lowest BCUT2D eigenvalue weighted by Crippen LogP contribution is -2.46. The number of carbonyl (C=O) groups is 1. The second-order valence-electron chi connectivity index (χ2n) is 9.30. The Labute approximate surface area is 198 Å². The molecular weight excluding hydrogens is 465 g/mol. The number of carbonyl (C=O) groups excluding carboxylic acids is 1. The number of nitrogens with zero attached hydrogens (tertiary/aromatic N) is 1. The maximum absolute atomic E-state index is 15.6. The first kappa shape index (κ1) is 22.8. The van der Waals surface area contributed by atoms with E-state index in [4.69, 9.17) is 16.3 Å². The Morgan fingerprint density at radius 2 is 1.70 bits per heavy atom. The van der Waals surface area contributed by atoms with E-state index in [1.165, 1.54) is 18.2 Å². The first-order valence-corrected chi connectivity index (χ1v) is 13.4. The number of rotatable bonds is 6. The van der Waals surface area contributed by atoms with Crippen LogP contribution < -0.4 is 4.90 Å². The van der Waals surface area contributed by atoms with Gasteiger partial charge in [-0.05, 0) is 86.9 Å². The molecule has 0 radical (unpaired) electrons. The fourth-order valence-corrected chi connectivity index (χ4v) is 7.12. The molecule has 3 aliphatic rings. The Morgan fingerprint density at radius 1 is 1.03 bits per heavy atom. The number of anilines is 1. The summed E-state index contributed by atoms with van der Waals surface area (Å²) in [6, 6.07) is 10.7. The van der Waals surface area contributed by atoms with E-state index in [2.05, 4.69) is 0 Å². The van der Waals surface area contributed by atoms with Crippen LogP contribution in [-0.2, 0) is 24.1 Å². The van der Waals surface area contributed by atoms with E-state index >= 15 is 4.39 Å². The summed E-state index contributed by atoms with van der Waals surface area (Å²) < 4.78 is 47.4. The van der Waals surface area contributed by atoms with E-state index in [0.717, 1.165) is 32.1 Å². The molecule has 176 valence electrons. The van der Waals surface area contributed by atoms with Gasteiger partial charge in [0.15, 0.2) is 9.84 Å². The molecule has 0 spiro atoms. The molecule has 5 nitrogen and oxygen atoms in total. The minimum Gasteiger partial charge on any atom is -0.381 e. The van der Waals surface area contributed by atoms with Gasteiger partial charge in [0.2, 0.25) is 5.91 Å². The highest BCUT2D eigenvalue weighted by atomic mass is 35.5. The molecule has 2 aromatic carbocycles. The predicted octanol–water partition coefficient (Wildman–Crippen LogP) is 5.25. The highest BCUT2D eigenvalue weighted by Crippen LogP contribution is 2.45. The molecule has 33 heavy (non-hydrogen) atoms. The Balaban J connectivity index is 1.56. The third-order valence-corrected chi connectivity index (χ3v) is 10.1. The van der Waals surface area contributed by atoms with Gasteiger partial charge in [-0.1, -0.05) is 17.7 Å². The smallest absolute Gasteiger partial charge is 0.230 e. The van der Waals surface area contributed by atoms with Crippen LogP contribution in [0.5, 0.6) is 0 Å². The zero-order valence-electron chi connectivity index (χ0n) is 18.3. The SMILES string of the molecule is O=C(C1CC1)N(c1ccc(C2(S(=O)(=O)c3ccc(Cl)cc3)CCOCC2)cc1F)C1CCC1. The van der Waals surface area contributed by atoms with E-state index < -0.39 is 20.4 Å². The van der Waals surface area contributed by atoms with Crippen molar-refractivity contribution in [2.45, 2.75) is 60.6 Å². The fraction of sp³-hybridized carbons (Fsp3) is 0.480. The van der Waals surface area contributed by atoms with Gasteiger partial charge in [0.25, 0.3) is 0 Å². The van der Waals surface area contributed by atoms with Crippen molar-refractivity contribution in [3.63, 3.8) is 0 Å². The number of halogens is 2. The normalized spacial score (nSPS) is 20.8. The molecule has 2 aromatic rings. The van der Waals surface area contributed by atoms with Crippen LogP contribution in [0.25, 0.3) is 0 Å². The Bertz CT molecular complexity index is 1150. The molecule has 8 heteroatoms. The van der Waals surface area contributed by atoms with Crippen molar-refractivity contribution in [2.75, 3.05) is 18.1 Å². The molecule has 1 saturated heterocycles. The van der Waals surface area contributed by atoms with Crippen LogP contribution >= 0.6 is 11.6 Å². The maximum Gasteiger partial charge on any atom is 0.230 e. The molecule has 0 N–H and O–H groups in total.